The Morgan fingerprint density at radius 1 is 1.32 bits per heavy atom. The Morgan fingerprint density at radius 3 is 2.64 bits per heavy atom. The second kappa shape index (κ2) is 6.30. The first kappa shape index (κ1) is 15.6. The highest BCUT2D eigenvalue weighted by molar-refractivity contribution is 6.04. The third-order valence-corrected chi connectivity index (χ3v) is 3.03. The van der Waals surface area contributed by atoms with Gasteiger partial charge >= 0.3 is 5.97 Å². The van der Waals surface area contributed by atoms with E-state index in [1.807, 2.05) is 0 Å². The number of amides is 1. The lowest BCUT2D eigenvalue weighted by molar-refractivity contribution is -0.114. The van der Waals surface area contributed by atoms with Gasteiger partial charge in [-0.2, -0.15) is 0 Å². The summed E-state index contributed by atoms with van der Waals surface area (Å²) in [6.07, 6.45) is 1.28. The fourth-order valence-corrected chi connectivity index (χ4v) is 2.13. The second-order valence-electron chi connectivity index (χ2n) is 4.50. The standard InChI is InChI=1S/C15H16N2O5/c1-4-22-15(20)9-7-16-13-11(21-3)6-5-10(17-8(2)18)12(13)14(9)19/h5-7H,4H2,1-3H3,(H,16,19)(H,17,18). The Labute approximate surface area is 126 Å². The zero-order chi connectivity index (χ0) is 16.3. The smallest absolute Gasteiger partial charge is 0.343 e. The van der Waals surface area contributed by atoms with Crippen molar-refractivity contribution in [2.45, 2.75) is 13.8 Å². The van der Waals surface area contributed by atoms with E-state index in [0.717, 1.165) is 0 Å². The van der Waals surface area contributed by atoms with Crippen LogP contribution in [0.15, 0.2) is 23.1 Å². The quantitative estimate of drug-likeness (QED) is 0.837. The number of pyridine rings is 1. The molecule has 0 radical (unpaired) electrons. The van der Waals surface area contributed by atoms with E-state index in [2.05, 4.69) is 10.3 Å². The number of hydrogen-bond donors (Lipinski definition) is 2. The number of nitrogens with one attached hydrogen (secondary N) is 2. The molecular formula is C15H16N2O5. The van der Waals surface area contributed by atoms with Crippen LogP contribution in [0.25, 0.3) is 10.9 Å². The number of H-pyrrole nitrogens is 1. The van der Waals surface area contributed by atoms with Gasteiger partial charge in [0.1, 0.15) is 11.3 Å². The average molecular weight is 304 g/mol. The van der Waals surface area contributed by atoms with E-state index in [-0.39, 0.29) is 23.5 Å². The third kappa shape index (κ3) is 2.78. The van der Waals surface area contributed by atoms with Crippen molar-refractivity contribution >= 4 is 28.5 Å². The molecule has 0 aliphatic heterocycles. The summed E-state index contributed by atoms with van der Waals surface area (Å²) in [5.41, 5.74) is 0.0338. The number of aromatic amines is 1. The molecule has 1 aromatic carbocycles. The molecule has 0 bridgehead atoms. The minimum atomic E-state index is -0.720. The number of carbonyl (C=O) groups is 2. The first-order chi connectivity index (χ1) is 10.5. The van der Waals surface area contributed by atoms with E-state index >= 15 is 0 Å². The van der Waals surface area contributed by atoms with Crippen molar-refractivity contribution in [3.05, 3.63) is 34.1 Å². The molecule has 1 heterocycles. The molecule has 2 N–H and O–H groups in total. The highest BCUT2D eigenvalue weighted by atomic mass is 16.5. The number of benzene rings is 1. The van der Waals surface area contributed by atoms with E-state index in [1.54, 1.807) is 19.1 Å². The predicted molar refractivity (Wildman–Crippen MR) is 81.4 cm³/mol. The Bertz CT molecular complexity index is 794. The number of methoxy groups -OCH3 is 1. The Kier molecular flexibility index (Phi) is 4.45. The van der Waals surface area contributed by atoms with Gasteiger partial charge in [-0.1, -0.05) is 0 Å². The lowest BCUT2D eigenvalue weighted by atomic mass is 10.1. The molecule has 0 aliphatic rings. The van der Waals surface area contributed by atoms with Crippen LogP contribution in [0.1, 0.15) is 24.2 Å². The van der Waals surface area contributed by atoms with Gasteiger partial charge in [0.2, 0.25) is 11.3 Å². The van der Waals surface area contributed by atoms with E-state index < -0.39 is 11.4 Å². The summed E-state index contributed by atoms with van der Waals surface area (Å²) in [7, 11) is 1.46. The molecule has 2 aromatic rings. The number of hydrogen-bond acceptors (Lipinski definition) is 5. The van der Waals surface area contributed by atoms with Crippen molar-refractivity contribution in [3.63, 3.8) is 0 Å². The van der Waals surface area contributed by atoms with Crippen molar-refractivity contribution in [3.8, 4) is 5.75 Å². The highest BCUT2D eigenvalue weighted by Gasteiger charge is 2.18. The molecule has 1 amide bonds. The molecule has 7 heteroatoms. The van der Waals surface area contributed by atoms with Crippen LogP contribution >= 0.6 is 0 Å². The van der Waals surface area contributed by atoms with Gasteiger partial charge in [0.05, 0.1) is 30.3 Å². The SMILES string of the molecule is CCOC(=O)c1c[nH]c2c(OC)ccc(NC(C)=O)c2c1=O. The molecule has 0 unspecified atom stereocenters. The van der Waals surface area contributed by atoms with E-state index in [9.17, 15) is 14.4 Å². The number of esters is 1. The van der Waals surface area contributed by atoms with Gasteiger partial charge < -0.3 is 19.8 Å². The molecule has 0 aliphatic carbocycles. The van der Waals surface area contributed by atoms with Gasteiger partial charge in [-0.25, -0.2) is 4.79 Å². The Hall–Kier alpha value is -2.83. The number of aromatic nitrogens is 1. The lowest BCUT2D eigenvalue weighted by Crippen LogP contribution is -2.20. The molecule has 7 nitrogen and oxygen atoms in total. The topological polar surface area (TPSA) is 97.5 Å². The van der Waals surface area contributed by atoms with Crippen LogP contribution in [0, 0.1) is 0 Å². The van der Waals surface area contributed by atoms with E-state index in [0.29, 0.717) is 17.0 Å². The fourth-order valence-electron chi connectivity index (χ4n) is 2.13. The first-order valence-electron chi connectivity index (χ1n) is 6.66. The summed E-state index contributed by atoms with van der Waals surface area (Å²) >= 11 is 0. The average Bonchev–Trinajstić information content (AvgIpc) is 2.47. The third-order valence-electron chi connectivity index (χ3n) is 3.03. The maximum atomic E-state index is 12.6. The lowest BCUT2D eigenvalue weighted by Gasteiger charge is -2.11. The molecule has 0 atom stereocenters. The summed E-state index contributed by atoms with van der Waals surface area (Å²) in [5, 5.41) is 2.74. The van der Waals surface area contributed by atoms with Crippen LogP contribution < -0.4 is 15.5 Å². The van der Waals surface area contributed by atoms with E-state index in [1.165, 1.54) is 20.2 Å². The molecule has 22 heavy (non-hydrogen) atoms. The minimum Gasteiger partial charge on any atom is -0.495 e. The maximum Gasteiger partial charge on any atom is 0.343 e. The summed E-state index contributed by atoms with van der Waals surface area (Å²) in [4.78, 5) is 38.6. The minimum absolute atomic E-state index is 0.130. The molecule has 0 saturated carbocycles. The van der Waals surface area contributed by atoms with Crippen molar-refractivity contribution in [2.24, 2.45) is 0 Å². The maximum absolute atomic E-state index is 12.6. The van der Waals surface area contributed by atoms with Gasteiger partial charge in [-0.3, -0.25) is 9.59 Å². The van der Waals surface area contributed by atoms with Crippen molar-refractivity contribution in [1.29, 1.82) is 0 Å². The van der Waals surface area contributed by atoms with Gasteiger partial charge in [-0.15, -0.1) is 0 Å². The molecular weight excluding hydrogens is 288 g/mol. The zero-order valence-corrected chi connectivity index (χ0v) is 12.5. The van der Waals surface area contributed by atoms with Crippen LogP contribution in [0.2, 0.25) is 0 Å². The summed E-state index contributed by atoms with van der Waals surface area (Å²) in [5.74, 6) is -0.619. The molecule has 1 aromatic heterocycles. The Morgan fingerprint density at radius 2 is 2.05 bits per heavy atom. The van der Waals surface area contributed by atoms with Gasteiger partial charge in [0, 0.05) is 13.1 Å². The number of carbonyl (C=O) groups excluding carboxylic acids is 2. The van der Waals surface area contributed by atoms with Gasteiger partial charge in [0.15, 0.2) is 0 Å². The summed E-state index contributed by atoms with van der Waals surface area (Å²) < 4.78 is 10.0. The van der Waals surface area contributed by atoms with E-state index in [4.69, 9.17) is 9.47 Å². The molecule has 0 saturated heterocycles. The van der Waals surface area contributed by atoms with Crippen LogP contribution in [0.4, 0.5) is 5.69 Å². The van der Waals surface area contributed by atoms with Crippen LogP contribution in [0.5, 0.6) is 5.75 Å². The molecule has 0 fully saturated rings. The molecule has 116 valence electrons. The number of anilines is 1. The Balaban J connectivity index is 2.76. The summed E-state index contributed by atoms with van der Waals surface area (Å²) in [6.45, 7) is 3.14. The highest BCUT2D eigenvalue weighted by Crippen LogP contribution is 2.28. The van der Waals surface area contributed by atoms with Gasteiger partial charge in [-0.05, 0) is 19.1 Å². The first-order valence-corrected chi connectivity index (χ1v) is 6.66. The van der Waals surface area contributed by atoms with Crippen molar-refractivity contribution in [1.82, 2.24) is 4.98 Å². The zero-order valence-electron chi connectivity index (χ0n) is 12.5. The second-order valence-corrected chi connectivity index (χ2v) is 4.50. The number of rotatable bonds is 4. The van der Waals surface area contributed by atoms with Crippen molar-refractivity contribution in [2.75, 3.05) is 19.0 Å². The van der Waals surface area contributed by atoms with Crippen molar-refractivity contribution < 1.29 is 19.1 Å². The van der Waals surface area contributed by atoms with Gasteiger partial charge in [0.25, 0.3) is 0 Å². The van der Waals surface area contributed by atoms with Crippen LogP contribution in [0.3, 0.4) is 0 Å². The monoisotopic (exact) mass is 304 g/mol. The fraction of sp³-hybridized carbons (Fsp3) is 0.267. The largest absolute Gasteiger partial charge is 0.495 e. The predicted octanol–water partition coefficient (Wildman–Crippen LogP) is 1.67. The summed E-state index contributed by atoms with van der Waals surface area (Å²) in [6, 6.07) is 3.17. The van der Waals surface area contributed by atoms with Crippen LogP contribution in [-0.2, 0) is 9.53 Å². The number of fused-ring (bicyclic) bond motifs is 1. The number of ether oxygens (including phenoxy) is 2. The van der Waals surface area contributed by atoms with Crippen LogP contribution in [-0.4, -0.2) is 30.6 Å². The normalized spacial score (nSPS) is 10.3. The molecule has 0 spiro atoms. The molecule has 2 rings (SSSR count).